The van der Waals surface area contributed by atoms with Crippen molar-refractivity contribution in [2.75, 3.05) is 5.32 Å². The number of nitrogens with zero attached hydrogens (tertiary/aromatic N) is 3. The predicted octanol–water partition coefficient (Wildman–Crippen LogP) is 5.81. The van der Waals surface area contributed by atoms with Crippen LogP contribution in [0.25, 0.3) is 22.0 Å². The van der Waals surface area contributed by atoms with Crippen LogP contribution in [0.5, 0.6) is 0 Å². The zero-order valence-corrected chi connectivity index (χ0v) is 19.0. The van der Waals surface area contributed by atoms with Gasteiger partial charge in [-0.3, -0.25) is 0 Å². The van der Waals surface area contributed by atoms with E-state index in [1.807, 2.05) is 52.0 Å². The number of halogens is 1. The van der Waals surface area contributed by atoms with Gasteiger partial charge >= 0.3 is 5.97 Å². The molecule has 3 heterocycles. The number of aromatic nitrogens is 3. The summed E-state index contributed by atoms with van der Waals surface area (Å²) in [6.45, 7) is 7.56. The highest BCUT2D eigenvalue weighted by atomic mass is 79.9. The maximum absolute atomic E-state index is 12.0. The van der Waals surface area contributed by atoms with Crippen LogP contribution in [-0.4, -0.2) is 21.1 Å². The van der Waals surface area contributed by atoms with Crippen molar-refractivity contribution < 1.29 is 14.1 Å². The van der Waals surface area contributed by atoms with Gasteiger partial charge in [-0.25, -0.2) is 14.8 Å². The van der Waals surface area contributed by atoms with E-state index in [1.165, 1.54) is 0 Å². The molecule has 0 atom stereocenters. The molecule has 2 aromatic heterocycles. The van der Waals surface area contributed by atoms with Crippen molar-refractivity contribution in [2.24, 2.45) is 0 Å². The van der Waals surface area contributed by atoms with Gasteiger partial charge in [0.25, 0.3) is 0 Å². The molecule has 5 rings (SSSR count). The van der Waals surface area contributed by atoms with Gasteiger partial charge in [0.2, 0.25) is 5.95 Å². The van der Waals surface area contributed by atoms with Crippen molar-refractivity contribution in [1.82, 2.24) is 15.1 Å². The normalized spacial score (nSPS) is 14.5. The van der Waals surface area contributed by atoms with Crippen LogP contribution < -0.4 is 5.32 Å². The summed E-state index contributed by atoms with van der Waals surface area (Å²) >= 11 is 3.60. The van der Waals surface area contributed by atoms with Crippen molar-refractivity contribution in [3.05, 3.63) is 63.6 Å². The lowest BCUT2D eigenvalue weighted by Crippen LogP contribution is -2.16. The minimum Gasteiger partial charge on any atom is -0.451 e. The number of hydrogen-bond acceptors (Lipinski definition) is 7. The van der Waals surface area contributed by atoms with E-state index in [0.717, 1.165) is 49.2 Å². The van der Waals surface area contributed by atoms with Crippen LogP contribution >= 0.6 is 15.9 Å². The molecule has 1 aliphatic heterocycles. The number of hydrogen-bond donors (Lipinski definition) is 1. The number of benzene rings is 2. The monoisotopic (exact) mass is 478 g/mol. The van der Waals surface area contributed by atoms with E-state index in [-0.39, 0.29) is 5.97 Å². The molecule has 2 aromatic carbocycles. The van der Waals surface area contributed by atoms with Gasteiger partial charge < -0.3 is 14.6 Å². The van der Waals surface area contributed by atoms with Crippen molar-refractivity contribution in [2.45, 2.75) is 33.3 Å². The highest BCUT2D eigenvalue weighted by Crippen LogP contribution is 2.38. The molecule has 0 bridgehead atoms. The van der Waals surface area contributed by atoms with Gasteiger partial charge in [0.05, 0.1) is 16.8 Å². The smallest absolute Gasteiger partial charge is 0.339 e. The maximum Gasteiger partial charge on any atom is 0.339 e. The molecule has 1 aliphatic rings. The third-order valence-electron chi connectivity index (χ3n) is 5.50. The maximum atomic E-state index is 12.0. The van der Waals surface area contributed by atoms with Gasteiger partial charge in [-0.05, 0) is 73.5 Å². The summed E-state index contributed by atoms with van der Waals surface area (Å²) < 4.78 is 11.7. The predicted molar refractivity (Wildman–Crippen MR) is 120 cm³/mol. The SMILES string of the molecule is Cc1noc(C)c1-c1ccc(Br)c2nc(Nc3ccc4c(c3)C(C)(C)OC4=O)ncc12. The minimum atomic E-state index is -0.666. The van der Waals surface area contributed by atoms with E-state index in [4.69, 9.17) is 14.2 Å². The van der Waals surface area contributed by atoms with E-state index >= 15 is 0 Å². The molecule has 156 valence electrons. The first-order valence-corrected chi connectivity index (χ1v) is 10.6. The topological polar surface area (TPSA) is 90.1 Å². The van der Waals surface area contributed by atoms with Crippen molar-refractivity contribution in [3.63, 3.8) is 0 Å². The molecule has 0 fully saturated rings. The van der Waals surface area contributed by atoms with Crippen LogP contribution in [0.4, 0.5) is 11.6 Å². The average Bonchev–Trinajstić information content (AvgIpc) is 3.17. The number of cyclic esters (lactones) is 1. The molecule has 0 saturated heterocycles. The fourth-order valence-corrected chi connectivity index (χ4v) is 4.44. The molecule has 31 heavy (non-hydrogen) atoms. The van der Waals surface area contributed by atoms with E-state index in [2.05, 4.69) is 31.4 Å². The Morgan fingerprint density at radius 2 is 1.87 bits per heavy atom. The molecule has 0 saturated carbocycles. The number of anilines is 2. The third-order valence-corrected chi connectivity index (χ3v) is 6.14. The summed E-state index contributed by atoms with van der Waals surface area (Å²) in [6.07, 6.45) is 1.79. The lowest BCUT2D eigenvalue weighted by molar-refractivity contribution is 0.00955. The molecular formula is C23H19BrN4O3. The number of nitrogens with one attached hydrogen (secondary N) is 1. The van der Waals surface area contributed by atoms with Crippen LogP contribution in [0, 0.1) is 13.8 Å². The van der Waals surface area contributed by atoms with Crippen LogP contribution in [0.2, 0.25) is 0 Å². The summed E-state index contributed by atoms with van der Waals surface area (Å²) in [5.74, 6) is 0.900. The Kier molecular flexibility index (Phi) is 4.37. The standard InChI is InChI=1S/C23H19BrN4O3/c1-11-19(12(2)31-28-11)14-7-8-18(24)20-16(14)10-25-22(27-20)26-13-5-6-15-17(9-13)23(3,4)30-21(15)29/h5-10H,1-4H3,(H,25,26,27). The fraction of sp³-hybridized carbons (Fsp3) is 0.217. The molecule has 4 aromatic rings. The van der Waals surface area contributed by atoms with Gasteiger partial charge in [-0.15, -0.1) is 0 Å². The number of rotatable bonds is 3. The van der Waals surface area contributed by atoms with Crippen LogP contribution in [-0.2, 0) is 10.3 Å². The summed E-state index contributed by atoms with van der Waals surface area (Å²) in [5.41, 5.74) is 5.05. The molecule has 0 aliphatic carbocycles. The first-order chi connectivity index (χ1) is 14.7. The Morgan fingerprint density at radius 3 is 2.61 bits per heavy atom. The first-order valence-electron chi connectivity index (χ1n) is 9.78. The Hall–Kier alpha value is -3.26. The second-order valence-corrected chi connectivity index (χ2v) is 8.89. The number of carbonyl (C=O) groups excluding carboxylic acids is 1. The van der Waals surface area contributed by atoms with Crippen molar-refractivity contribution in [1.29, 1.82) is 0 Å². The van der Waals surface area contributed by atoms with Crippen molar-refractivity contribution in [3.8, 4) is 11.1 Å². The van der Waals surface area contributed by atoms with E-state index < -0.39 is 5.60 Å². The van der Waals surface area contributed by atoms with E-state index in [9.17, 15) is 4.79 Å². The molecule has 1 N–H and O–H groups in total. The number of carbonyl (C=O) groups is 1. The van der Waals surface area contributed by atoms with Crippen LogP contribution in [0.3, 0.4) is 0 Å². The molecule has 0 spiro atoms. The number of aryl methyl sites for hydroxylation is 2. The van der Waals surface area contributed by atoms with Crippen LogP contribution in [0.1, 0.15) is 41.2 Å². The van der Waals surface area contributed by atoms with E-state index in [0.29, 0.717) is 11.5 Å². The second kappa shape index (κ2) is 6.88. The van der Waals surface area contributed by atoms with Gasteiger partial charge in [-0.1, -0.05) is 11.2 Å². The average molecular weight is 479 g/mol. The number of fused-ring (bicyclic) bond motifs is 2. The van der Waals surface area contributed by atoms with Gasteiger partial charge in [0.15, 0.2) is 0 Å². The lowest BCUT2D eigenvalue weighted by Gasteiger charge is -2.18. The molecular weight excluding hydrogens is 460 g/mol. The largest absolute Gasteiger partial charge is 0.451 e. The number of ether oxygens (including phenoxy) is 1. The van der Waals surface area contributed by atoms with Crippen LogP contribution in [0.15, 0.2) is 45.5 Å². The van der Waals surface area contributed by atoms with Gasteiger partial charge in [0, 0.05) is 32.9 Å². The summed E-state index contributed by atoms with van der Waals surface area (Å²) in [6, 6.07) is 9.46. The summed E-state index contributed by atoms with van der Waals surface area (Å²) in [7, 11) is 0. The Bertz CT molecular complexity index is 1360. The highest BCUT2D eigenvalue weighted by molar-refractivity contribution is 9.10. The Labute approximate surface area is 187 Å². The molecule has 8 heteroatoms. The Balaban J connectivity index is 1.56. The summed E-state index contributed by atoms with van der Waals surface area (Å²) in [5, 5.41) is 8.20. The molecule has 0 amide bonds. The summed E-state index contributed by atoms with van der Waals surface area (Å²) in [4.78, 5) is 21.3. The first kappa shape index (κ1) is 19.7. The van der Waals surface area contributed by atoms with Crippen molar-refractivity contribution >= 4 is 44.4 Å². The Morgan fingerprint density at radius 1 is 1.10 bits per heavy atom. The number of esters is 1. The molecule has 0 radical (unpaired) electrons. The molecule has 0 unspecified atom stereocenters. The van der Waals surface area contributed by atoms with E-state index in [1.54, 1.807) is 12.3 Å². The quantitative estimate of drug-likeness (QED) is 0.371. The fourth-order valence-electron chi connectivity index (χ4n) is 4.00. The second-order valence-electron chi connectivity index (χ2n) is 8.04. The molecule has 7 nitrogen and oxygen atoms in total. The minimum absolute atomic E-state index is 0.302. The lowest BCUT2D eigenvalue weighted by atomic mass is 9.95. The van der Waals surface area contributed by atoms with Gasteiger partial charge in [0.1, 0.15) is 11.4 Å². The highest BCUT2D eigenvalue weighted by Gasteiger charge is 2.37. The zero-order valence-electron chi connectivity index (χ0n) is 17.4. The third kappa shape index (κ3) is 3.18. The van der Waals surface area contributed by atoms with Gasteiger partial charge in [-0.2, -0.15) is 0 Å². The zero-order chi connectivity index (χ0) is 21.9.